The molecule has 2 fully saturated rings. The summed E-state index contributed by atoms with van der Waals surface area (Å²) in [6.07, 6.45) is 5.86. The first kappa shape index (κ1) is 13.3. The molecule has 2 aliphatic rings. The van der Waals surface area contributed by atoms with E-state index in [2.05, 4.69) is 24.1 Å². The number of ether oxygens (including phenoxy) is 1. The van der Waals surface area contributed by atoms with Crippen LogP contribution in [0.5, 0.6) is 0 Å². The van der Waals surface area contributed by atoms with Crippen molar-refractivity contribution < 1.29 is 4.74 Å². The van der Waals surface area contributed by atoms with Crippen molar-refractivity contribution in [3.05, 3.63) is 0 Å². The quantitative estimate of drug-likeness (QED) is 0.656. The summed E-state index contributed by atoms with van der Waals surface area (Å²) in [5, 5.41) is 3.54. The van der Waals surface area contributed by atoms with Gasteiger partial charge in [0.15, 0.2) is 0 Å². The van der Waals surface area contributed by atoms with E-state index in [1.54, 1.807) is 0 Å². The molecule has 0 spiro atoms. The van der Waals surface area contributed by atoms with Gasteiger partial charge in [0.1, 0.15) is 0 Å². The van der Waals surface area contributed by atoms with E-state index >= 15 is 0 Å². The standard InChI is InChI=1S/C14H28N2O/c1-12(2)16(11-13-5-6-13)8-7-15-10-14-4-3-9-17-14/h12-15H,3-11H2,1-2H3. The van der Waals surface area contributed by atoms with Crippen molar-refractivity contribution in [2.24, 2.45) is 5.92 Å². The maximum atomic E-state index is 5.61. The lowest BCUT2D eigenvalue weighted by atomic mass is 10.2. The molecule has 3 nitrogen and oxygen atoms in total. The molecule has 1 atom stereocenters. The van der Waals surface area contributed by atoms with Crippen molar-refractivity contribution in [2.45, 2.75) is 51.7 Å². The predicted molar refractivity (Wildman–Crippen MR) is 71.3 cm³/mol. The molecule has 0 amide bonds. The first-order chi connectivity index (χ1) is 8.25. The van der Waals surface area contributed by atoms with Crippen LogP contribution in [0.15, 0.2) is 0 Å². The summed E-state index contributed by atoms with van der Waals surface area (Å²) in [7, 11) is 0. The Balaban J connectivity index is 1.54. The smallest absolute Gasteiger partial charge is 0.0700 e. The summed E-state index contributed by atoms with van der Waals surface area (Å²) < 4.78 is 5.61. The molecule has 1 heterocycles. The molecule has 1 aliphatic heterocycles. The molecule has 1 aliphatic carbocycles. The topological polar surface area (TPSA) is 24.5 Å². The van der Waals surface area contributed by atoms with Gasteiger partial charge in [0.25, 0.3) is 0 Å². The van der Waals surface area contributed by atoms with Crippen molar-refractivity contribution in [1.29, 1.82) is 0 Å². The molecule has 0 aromatic heterocycles. The van der Waals surface area contributed by atoms with E-state index in [1.807, 2.05) is 0 Å². The number of hydrogen-bond acceptors (Lipinski definition) is 3. The maximum Gasteiger partial charge on any atom is 0.0700 e. The Hall–Kier alpha value is -0.120. The summed E-state index contributed by atoms with van der Waals surface area (Å²) in [6, 6.07) is 0.681. The Morgan fingerprint density at radius 2 is 2.12 bits per heavy atom. The number of nitrogens with zero attached hydrogens (tertiary/aromatic N) is 1. The van der Waals surface area contributed by atoms with Crippen molar-refractivity contribution >= 4 is 0 Å². The summed E-state index contributed by atoms with van der Waals surface area (Å²) >= 11 is 0. The molecule has 3 heteroatoms. The normalized spacial score (nSPS) is 25.1. The Morgan fingerprint density at radius 1 is 1.29 bits per heavy atom. The third-order valence-corrected chi connectivity index (χ3v) is 3.89. The fraction of sp³-hybridized carbons (Fsp3) is 1.00. The zero-order valence-electron chi connectivity index (χ0n) is 11.5. The second-order valence-electron chi connectivity index (χ2n) is 5.87. The van der Waals surface area contributed by atoms with Crippen LogP contribution < -0.4 is 5.32 Å². The molecule has 0 aromatic carbocycles. The fourth-order valence-electron chi connectivity index (χ4n) is 2.48. The van der Waals surface area contributed by atoms with Gasteiger partial charge in [0.05, 0.1) is 6.10 Å². The molecular weight excluding hydrogens is 212 g/mol. The molecular formula is C14H28N2O. The summed E-state index contributed by atoms with van der Waals surface area (Å²) in [6.45, 7) is 10.2. The zero-order valence-corrected chi connectivity index (χ0v) is 11.5. The fourth-order valence-corrected chi connectivity index (χ4v) is 2.48. The number of hydrogen-bond donors (Lipinski definition) is 1. The molecule has 1 N–H and O–H groups in total. The predicted octanol–water partition coefficient (Wildman–Crippen LogP) is 1.88. The van der Waals surface area contributed by atoms with E-state index in [9.17, 15) is 0 Å². The van der Waals surface area contributed by atoms with Crippen molar-refractivity contribution in [3.63, 3.8) is 0 Å². The van der Waals surface area contributed by atoms with Crippen molar-refractivity contribution in [2.75, 3.05) is 32.8 Å². The highest BCUT2D eigenvalue weighted by molar-refractivity contribution is 4.79. The van der Waals surface area contributed by atoms with E-state index in [0.717, 1.165) is 25.6 Å². The molecule has 2 rings (SSSR count). The summed E-state index contributed by atoms with van der Waals surface area (Å²) in [5.74, 6) is 0.996. The van der Waals surface area contributed by atoms with Crippen LogP contribution in [0.4, 0.5) is 0 Å². The Morgan fingerprint density at radius 3 is 2.71 bits per heavy atom. The Kier molecular flexibility index (Phi) is 5.26. The molecule has 17 heavy (non-hydrogen) atoms. The number of rotatable bonds is 8. The van der Waals surface area contributed by atoms with Crippen LogP contribution in [0.2, 0.25) is 0 Å². The van der Waals surface area contributed by atoms with Gasteiger partial charge in [-0.05, 0) is 45.4 Å². The minimum absolute atomic E-state index is 0.478. The second kappa shape index (κ2) is 6.72. The summed E-state index contributed by atoms with van der Waals surface area (Å²) in [5.41, 5.74) is 0. The van der Waals surface area contributed by atoms with Gasteiger partial charge in [-0.3, -0.25) is 4.90 Å². The van der Waals surface area contributed by atoms with Gasteiger partial charge in [-0.15, -0.1) is 0 Å². The van der Waals surface area contributed by atoms with Gasteiger partial charge in [-0.1, -0.05) is 0 Å². The monoisotopic (exact) mass is 240 g/mol. The average Bonchev–Trinajstić information content (AvgIpc) is 2.96. The third kappa shape index (κ3) is 4.94. The van der Waals surface area contributed by atoms with E-state index in [1.165, 1.54) is 38.8 Å². The van der Waals surface area contributed by atoms with Gasteiger partial charge in [0, 0.05) is 38.8 Å². The van der Waals surface area contributed by atoms with Gasteiger partial charge in [-0.2, -0.15) is 0 Å². The van der Waals surface area contributed by atoms with Crippen molar-refractivity contribution in [3.8, 4) is 0 Å². The lowest BCUT2D eigenvalue weighted by Gasteiger charge is -2.26. The van der Waals surface area contributed by atoms with Crippen LogP contribution in [0, 0.1) is 5.92 Å². The first-order valence-electron chi connectivity index (χ1n) is 7.32. The van der Waals surface area contributed by atoms with Crippen LogP contribution >= 0.6 is 0 Å². The molecule has 100 valence electrons. The maximum absolute atomic E-state index is 5.61. The molecule has 0 bridgehead atoms. The van der Waals surface area contributed by atoms with Crippen LogP contribution in [0.3, 0.4) is 0 Å². The highest BCUT2D eigenvalue weighted by Gasteiger charge is 2.25. The van der Waals surface area contributed by atoms with Crippen LogP contribution in [-0.2, 0) is 4.74 Å². The van der Waals surface area contributed by atoms with Gasteiger partial charge < -0.3 is 10.1 Å². The largest absolute Gasteiger partial charge is 0.377 e. The van der Waals surface area contributed by atoms with E-state index in [0.29, 0.717) is 12.1 Å². The Bertz CT molecular complexity index is 210. The Labute approximate surface area is 106 Å². The minimum Gasteiger partial charge on any atom is -0.377 e. The number of nitrogens with one attached hydrogen (secondary N) is 1. The van der Waals surface area contributed by atoms with Gasteiger partial charge >= 0.3 is 0 Å². The first-order valence-corrected chi connectivity index (χ1v) is 7.32. The third-order valence-electron chi connectivity index (χ3n) is 3.89. The summed E-state index contributed by atoms with van der Waals surface area (Å²) in [4.78, 5) is 2.61. The van der Waals surface area contributed by atoms with Crippen LogP contribution in [0.25, 0.3) is 0 Å². The molecule has 1 saturated carbocycles. The minimum atomic E-state index is 0.478. The highest BCUT2D eigenvalue weighted by Crippen LogP contribution is 2.30. The molecule has 1 saturated heterocycles. The van der Waals surface area contributed by atoms with Gasteiger partial charge in [0.2, 0.25) is 0 Å². The van der Waals surface area contributed by atoms with E-state index < -0.39 is 0 Å². The van der Waals surface area contributed by atoms with E-state index in [-0.39, 0.29) is 0 Å². The lowest BCUT2D eigenvalue weighted by Crippen LogP contribution is -2.39. The van der Waals surface area contributed by atoms with Gasteiger partial charge in [-0.25, -0.2) is 0 Å². The average molecular weight is 240 g/mol. The van der Waals surface area contributed by atoms with Crippen LogP contribution in [-0.4, -0.2) is 49.8 Å². The molecule has 0 aromatic rings. The molecule has 0 radical (unpaired) electrons. The van der Waals surface area contributed by atoms with Crippen LogP contribution in [0.1, 0.15) is 39.5 Å². The zero-order chi connectivity index (χ0) is 12.1. The molecule has 1 unspecified atom stereocenters. The lowest BCUT2D eigenvalue weighted by molar-refractivity contribution is 0.108. The second-order valence-corrected chi connectivity index (χ2v) is 5.87. The SMILES string of the molecule is CC(C)N(CCNCC1CCCO1)CC1CC1. The van der Waals surface area contributed by atoms with E-state index in [4.69, 9.17) is 4.74 Å². The van der Waals surface area contributed by atoms with Crippen molar-refractivity contribution in [1.82, 2.24) is 10.2 Å². The highest BCUT2D eigenvalue weighted by atomic mass is 16.5.